The fourth-order valence-electron chi connectivity index (χ4n) is 2.04. The largest absolute Gasteiger partial charge is 0.396 e. The minimum absolute atomic E-state index is 0.134. The number of morpholine rings is 1. The van der Waals surface area contributed by atoms with Gasteiger partial charge in [-0.2, -0.15) is 4.31 Å². The van der Waals surface area contributed by atoms with Gasteiger partial charge in [0.2, 0.25) is 10.0 Å². The molecule has 0 amide bonds. The summed E-state index contributed by atoms with van der Waals surface area (Å²) in [6.07, 6.45) is 0.430. The molecule has 2 N–H and O–H groups in total. The van der Waals surface area contributed by atoms with Gasteiger partial charge < -0.3 is 10.5 Å². The first-order valence-corrected chi connectivity index (χ1v) is 7.66. The predicted molar refractivity (Wildman–Crippen MR) is 69.6 cm³/mol. The number of halogens is 2. The van der Waals surface area contributed by atoms with Gasteiger partial charge in [0.05, 0.1) is 18.4 Å². The second-order valence-corrected chi connectivity index (χ2v) is 6.47. The van der Waals surface area contributed by atoms with E-state index in [0.717, 1.165) is 10.4 Å². The Labute approximate surface area is 116 Å². The number of benzene rings is 1. The third-order valence-corrected chi connectivity index (χ3v) is 5.11. The molecule has 0 spiro atoms. The monoisotopic (exact) mass is 306 g/mol. The number of hydrogen-bond acceptors (Lipinski definition) is 4. The highest BCUT2D eigenvalue weighted by Gasteiger charge is 2.32. The average Bonchev–Trinajstić information content (AvgIpc) is 2.42. The van der Waals surface area contributed by atoms with Crippen LogP contribution in [0, 0.1) is 11.6 Å². The Bertz CT molecular complexity index is 607. The average molecular weight is 306 g/mol. The lowest BCUT2D eigenvalue weighted by atomic mass is 10.2. The van der Waals surface area contributed by atoms with Gasteiger partial charge in [0, 0.05) is 19.2 Å². The molecule has 1 saturated heterocycles. The predicted octanol–water partition coefficient (Wildman–Crippen LogP) is 1.35. The Morgan fingerprint density at radius 1 is 1.40 bits per heavy atom. The Kier molecular flexibility index (Phi) is 4.26. The number of hydrogen-bond donors (Lipinski definition) is 1. The number of nitrogens with two attached hydrogens (primary N) is 1. The number of anilines is 1. The van der Waals surface area contributed by atoms with Gasteiger partial charge in [0.1, 0.15) is 16.5 Å². The van der Waals surface area contributed by atoms with Crippen molar-refractivity contribution in [3.8, 4) is 0 Å². The van der Waals surface area contributed by atoms with Crippen molar-refractivity contribution < 1.29 is 21.9 Å². The first-order chi connectivity index (χ1) is 9.36. The van der Waals surface area contributed by atoms with Gasteiger partial charge >= 0.3 is 0 Å². The maximum atomic E-state index is 13.7. The maximum absolute atomic E-state index is 13.7. The minimum atomic E-state index is -4.04. The first-order valence-electron chi connectivity index (χ1n) is 6.22. The van der Waals surface area contributed by atoms with Crippen LogP contribution in [0.15, 0.2) is 17.0 Å². The van der Waals surface area contributed by atoms with Crippen LogP contribution < -0.4 is 5.73 Å². The van der Waals surface area contributed by atoms with E-state index < -0.39 is 32.2 Å². The summed E-state index contributed by atoms with van der Waals surface area (Å²) >= 11 is 0. The Balaban J connectivity index is 2.37. The van der Waals surface area contributed by atoms with E-state index in [-0.39, 0.29) is 25.8 Å². The quantitative estimate of drug-likeness (QED) is 0.856. The van der Waals surface area contributed by atoms with Crippen molar-refractivity contribution in [1.82, 2.24) is 4.31 Å². The summed E-state index contributed by atoms with van der Waals surface area (Å²) in [5.41, 5.74) is 4.92. The molecular formula is C12H16F2N2O3S. The van der Waals surface area contributed by atoms with E-state index in [1.807, 2.05) is 6.92 Å². The molecule has 1 atom stereocenters. The molecule has 1 fully saturated rings. The lowest BCUT2D eigenvalue weighted by Gasteiger charge is -2.31. The Morgan fingerprint density at radius 3 is 2.75 bits per heavy atom. The fraction of sp³-hybridized carbons (Fsp3) is 0.500. The number of sulfonamides is 1. The highest BCUT2D eigenvalue weighted by Crippen LogP contribution is 2.25. The summed E-state index contributed by atoms with van der Waals surface area (Å²) < 4.78 is 58.1. The molecule has 1 aromatic rings. The van der Waals surface area contributed by atoms with Crippen molar-refractivity contribution in [2.75, 3.05) is 25.4 Å². The summed E-state index contributed by atoms with van der Waals surface area (Å²) in [7, 11) is -4.04. The van der Waals surface area contributed by atoms with Crippen LogP contribution in [0.25, 0.3) is 0 Å². The number of nitrogen functional groups attached to an aromatic ring is 1. The molecule has 2 rings (SSSR count). The van der Waals surface area contributed by atoms with E-state index in [0.29, 0.717) is 12.5 Å². The smallest absolute Gasteiger partial charge is 0.246 e. The van der Waals surface area contributed by atoms with E-state index in [1.54, 1.807) is 0 Å². The van der Waals surface area contributed by atoms with Crippen LogP contribution in [-0.4, -0.2) is 38.5 Å². The second kappa shape index (κ2) is 5.63. The number of ether oxygens (including phenoxy) is 1. The SMILES string of the molecule is CCC1CN(S(=O)(=O)c2cc(N)c(F)cc2F)CCO1. The van der Waals surface area contributed by atoms with Crippen LogP contribution >= 0.6 is 0 Å². The molecule has 0 aliphatic carbocycles. The van der Waals surface area contributed by atoms with E-state index in [2.05, 4.69) is 0 Å². The summed E-state index contributed by atoms with van der Waals surface area (Å²) in [6.45, 7) is 2.40. The summed E-state index contributed by atoms with van der Waals surface area (Å²) in [4.78, 5) is -0.604. The molecular weight excluding hydrogens is 290 g/mol. The van der Waals surface area contributed by atoms with Crippen LogP contribution in [0.2, 0.25) is 0 Å². The van der Waals surface area contributed by atoms with Gasteiger partial charge in [-0.05, 0) is 12.5 Å². The second-order valence-electron chi connectivity index (χ2n) is 4.57. The molecule has 20 heavy (non-hydrogen) atoms. The van der Waals surface area contributed by atoms with Crippen LogP contribution in [0.3, 0.4) is 0 Å². The molecule has 8 heteroatoms. The van der Waals surface area contributed by atoms with E-state index in [4.69, 9.17) is 10.5 Å². The first kappa shape index (κ1) is 15.1. The number of rotatable bonds is 3. The molecule has 0 aromatic heterocycles. The van der Waals surface area contributed by atoms with Gasteiger partial charge in [0.15, 0.2) is 0 Å². The van der Waals surface area contributed by atoms with Crippen LogP contribution in [0.1, 0.15) is 13.3 Å². The zero-order valence-corrected chi connectivity index (χ0v) is 11.8. The molecule has 1 unspecified atom stereocenters. The van der Waals surface area contributed by atoms with Crippen molar-refractivity contribution >= 4 is 15.7 Å². The third kappa shape index (κ3) is 2.77. The Hall–Kier alpha value is -1.25. The molecule has 5 nitrogen and oxygen atoms in total. The summed E-state index contributed by atoms with van der Waals surface area (Å²) in [5.74, 6) is -2.12. The summed E-state index contributed by atoms with van der Waals surface area (Å²) in [5, 5.41) is 0. The van der Waals surface area contributed by atoms with E-state index in [9.17, 15) is 17.2 Å². The molecule has 0 radical (unpaired) electrons. The van der Waals surface area contributed by atoms with Crippen LogP contribution in [0.4, 0.5) is 14.5 Å². The van der Waals surface area contributed by atoms with Gasteiger partial charge in [-0.3, -0.25) is 0 Å². The van der Waals surface area contributed by atoms with Gasteiger partial charge in [-0.1, -0.05) is 6.92 Å². The van der Waals surface area contributed by atoms with E-state index in [1.165, 1.54) is 0 Å². The fourth-order valence-corrected chi connectivity index (χ4v) is 3.58. The van der Waals surface area contributed by atoms with Gasteiger partial charge in [0.25, 0.3) is 0 Å². The normalized spacial score (nSPS) is 21.1. The molecule has 1 heterocycles. The highest BCUT2D eigenvalue weighted by molar-refractivity contribution is 7.89. The van der Waals surface area contributed by atoms with Gasteiger partial charge in [-0.15, -0.1) is 0 Å². The molecule has 0 saturated carbocycles. The van der Waals surface area contributed by atoms with Crippen LogP contribution in [0.5, 0.6) is 0 Å². The molecule has 1 aromatic carbocycles. The molecule has 1 aliphatic rings. The van der Waals surface area contributed by atoms with Crippen molar-refractivity contribution in [2.45, 2.75) is 24.3 Å². The van der Waals surface area contributed by atoms with Crippen molar-refractivity contribution in [1.29, 1.82) is 0 Å². The standard InChI is InChI=1S/C12H16F2N2O3S/c1-2-8-7-16(3-4-19-8)20(17,18)12-6-11(15)9(13)5-10(12)14/h5-6,8H,2-4,7,15H2,1H3. The molecule has 112 valence electrons. The van der Waals surface area contributed by atoms with Crippen molar-refractivity contribution in [3.63, 3.8) is 0 Å². The Morgan fingerprint density at radius 2 is 2.10 bits per heavy atom. The number of nitrogens with zero attached hydrogens (tertiary/aromatic N) is 1. The lowest BCUT2D eigenvalue weighted by molar-refractivity contribution is -0.00283. The van der Waals surface area contributed by atoms with Gasteiger partial charge in [-0.25, -0.2) is 17.2 Å². The summed E-state index contributed by atoms with van der Waals surface area (Å²) in [6, 6.07) is 1.30. The zero-order valence-electron chi connectivity index (χ0n) is 11.0. The maximum Gasteiger partial charge on any atom is 0.246 e. The molecule has 0 bridgehead atoms. The van der Waals surface area contributed by atoms with Crippen LogP contribution in [-0.2, 0) is 14.8 Å². The lowest BCUT2D eigenvalue weighted by Crippen LogP contribution is -2.45. The molecule has 1 aliphatic heterocycles. The minimum Gasteiger partial charge on any atom is -0.396 e. The third-order valence-electron chi connectivity index (χ3n) is 3.23. The van der Waals surface area contributed by atoms with Crippen molar-refractivity contribution in [2.24, 2.45) is 0 Å². The van der Waals surface area contributed by atoms with E-state index >= 15 is 0 Å². The highest BCUT2D eigenvalue weighted by atomic mass is 32.2. The van der Waals surface area contributed by atoms with Crippen molar-refractivity contribution in [3.05, 3.63) is 23.8 Å². The topological polar surface area (TPSA) is 72.6 Å². The zero-order chi connectivity index (χ0) is 14.9.